The van der Waals surface area contributed by atoms with E-state index in [1.165, 1.54) is 0 Å². The molecule has 5 nitrogen and oxygen atoms in total. The molecule has 0 radical (unpaired) electrons. The Labute approximate surface area is 178 Å². The molecular weight excluding hydrogens is 376 g/mol. The van der Waals surface area contributed by atoms with Crippen LogP contribution in [0.3, 0.4) is 0 Å². The van der Waals surface area contributed by atoms with E-state index in [0.29, 0.717) is 31.5 Å². The SMILES string of the molecule is CC#Cc1cc(C)c(C2=C(OC)CC3(CCN(C(=O)CC#N)CC3)CC2=O)c(C)c1. The van der Waals surface area contributed by atoms with E-state index < -0.39 is 0 Å². The van der Waals surface area contributed by atoms with Crippen LogP contribution >= 0.6 is 0 Å². The maximum absolute atomic E-state index is 13.4. The predicted molar refractivity (Wildman–Crippen MR) is 115 cm³/mol. The summed E-state index contributed by atoms with van der Waals surface area (Å²) in [6.07, 6.45) is 2.57. The van der Waals surface area contributed by atoms with Gasteiger partial charge >= 0.3 is 0 Å². The molecule has 1 aliphatic carbocycles. The number of nitrogens with zero attached hydrogens (tertiary/aromatic N) is 2. The molecule has 2 aliphatic rings. The van der Waals surface area contributed by atoms with E-state index in [0.717, 1.165) is 40.9 Å². The lowest BCUT2D eigenvalue weighted by molar-refractivity contribution is -0.133. The Hall–Kier alpha value is -3.05. The zero-order valence-corrected chi connectivity index (χ0v) is 18.2. The van der Waals surface area contributed by atoms with Gasteiger partial charge in [0.05, 0.1) is 18.8 Å². The average Bonchev–Trinajstić information content (AvgIpc) is 2.70. The van der Waals surface area contributed by atoms with E-state index in [4.69, 9.17) is 10.00 Å². The monoisotopic (exact) mass is 404 g/mol. The fraction of sp³-hybridized carbons (Fsp3) is 0.480. The number of Topliss-reactive ketones (excluding diaryl/α,β-unsaturated/α-hetero) is 1. The lowest BCUT2D eigenvalue weighted by atomic mass is 9.66. The molecular formula is C25H28N2O3. The van der Waals surface area contributed by atoms with Gasteiger partial charge in [-0.1, -0.05) is 5.92 Å². The van der Waals surface area contributed by atoms with Crippen LogP contribution in [0.25, 0.3) is 5.57 Å². The van der Waals surface area contributed by atoms with Gasteiger partial charge in [-0.3, -0.25) is 9.59 Å². The number of piperidine rings is 1. The molecule has 1 amide bonds. The lowest BCUT2D eigenvalue weighted by Crippen LogP contribution is -2.45. The number of amides is 1. The number of methoxy groups -OCH3 is 1. The second-order valence-electron chi connectivity index (χ2n) is 8.35. The molecule has 5 heteroatoms. The van der Waals surface area contributed by atoms with Crippen molar-refractivity contribution in [1.82, 2.24) is 4.90 Å². The third-order valence-corrected chi connectivity index (χ3v) is 6.33. The number of hydrogen-bond donors (Lipinski definition) is 0. The Kier molecular flexibility index (Phi) is 6.32. The Morgan fingerprint density at radius 3 is 2.37 bits per heavy atom. The molecule has 1 aromatic rings. The van der Waals surface area contributed by atoms with Gasteiger partial charge in [0.25, 0.3) is 0 Å². The summed E-state index contributed by atoms with van der Waals surface area (Å²) < 4.78 is 5.76. The van der Waals surface area contributed by atoms with E-state index in [9.17, 15) is 9.59 Å². The highest BCUT2D eigenvalue weighted by atomic mass is 16.5. The number of carbonyl (C=O) groups is 2. The molecule has 30 heavy (non-hydrogen) atoms. The Morgan fingerprint density at radius 2 is 1.83 bits per heavy atom. The molecule has 1 heterocycles. The van der Waals surface area contributed by atoms with Crippen molar-refractivity contribution in [3.63, 3.8) is 0 Å². The molecule has 1 saturated heterocycles. The number of allylic oxidation sites excluding steroid dienone is 2. The summed E-state index contributed by atoms with van der Waals surface area (Å²) in [6, 6.07) is 5.97. The first-order valence-electron chi connectivity index (χ1n) is 10.3. The van der Waals surface area contributed by atoms with Gasteiger partial charge in [0.1, 0.15) is 12.2 Å². The maximum atomic E-state index is 13.4. The third-order valence-electron chi connectivity index (χ3n) is 6.33. The molecule has 3 rings (SSSR count). The Balaban J connectivity index is 1.92. The average molecular weight is 405 g/mol. The summed E-state index contributed by atoms with van der Waals surface area (Å²) in [5.41, 5.74) is 4.47. The van der Waals surface area contributed by atoms with Crippen molar-refractivity contribution in [2.24, 2.45) is 5.41 Å². The first-order valence-corrected chi connectivity index (χ1v) is 10.3. The second-order valence-corrected chi connectivity index (χ2v) is 8.35. The molecule has 0 unspecified atom stereocenters. The molecule has 0 bridgehead atoms. The first-order chi connectivity index (χ1) is 14.3. The quantitative estimate of drug-likeness (QED) is 0.716. The van der Waals surface area contributed by atoms with E-state index in [2.05, 4.69) is 11.8 Å². The van der Waals surface area contributed by atoms with Gasteiger partial charge in [-0.15, -0.1) is 5.92 Å². The van der Waals surface area contributed by atoms with Crippen LogP contribution in [-0.4, -0.2) is 36.8 Å². The van der Waals surface area contributed by atoms with Crippen LogP contribution in [0.5, 0.6) is 0 Å². The minimum atomic E-state index is -0.176. The summed E-state index contributed by atoms with van der Waals surface area (Å²) in [7, 11) is 1.63. The van der Waals surface area contributed by atoms with Crippen LogP contribution in [0.2, 0.25) is 0 Å². The largest absolute Gasteiger partial charge is 0.500 e. The first kappa shape index (κ1) is 21.7. The molecule has 0 aromatic heterocycles. The van der Waals surface area contributed by atoms with Gasteiger partial charge in [-0.05, 0) is 67.9 Å². The lowest BCUT2D eigenvalue weighted by Gasteiger charge is -2.44. The van der Waals surface area contributed by atoms with Crippen LogP contribution < -0.4 is 0 Å². The Morgan fingerprint density at radius 1 is 1.20 bits per heavy atom. The number of carbonyl (C=O) groups excluding carboxylic acids is 2. The van der Waals surface area contributed by atoms with Gasteiger partial charge in [-0.25, -0.2) is 0 Å². The smallest absolute Gasteiger partial charge is 0.236 e. The fourth-order valence-corrected chi connectivity index (χ4v) is 4.87. The molecule has 0 N–H and O–H groups in total. The molecule has 1 fully saturated rings. The van der Waals surface area contributed by atoms with Crippen molar-refractivity contribution in [3.05, 3.63) is 40.1 Å². The highest BCUT2D eigenvalue weighted by Gasteiger charge is 2.44. The normalized spacial score (nSPS) is 18.0. The van der Waals surface area contributed by atoms with Gasteiger partial charge in [0, 0.05) is 31.5 Å². The molecule has 0 saturated carbocycles. The van der Waals surface area contributed by atoms with Crippen molar-refractivity contribution in [3.8, 4) is 17.9 Å². The number of hydrogen-bond acceptors (Lipinski definition) is 4. The minimum absolute atomic E-state index is 0.0870. The van der Waals surface area contributed by atoms with Crippen LogP contribution in [0.1, 0.15) is 61.3 Å². The number of benzene rings is 1. The number of aryl methyl sites for hydroxylation is 2. The van der Waals surface area contributed by atoms with Gasteiger partial charge in [-0.2, -0.15) is 5.26 Å². The van der Waals surface area contributed by atoms with Gasteiger partial charge in [0.15, 0.2) is 5.78 Å². The van der Waals surface area contributed by atoms with Crippen molar-refractivity contribution >= 4 is 17.3 Å². The Bertz CT molecular complexity index is 986. The van der Waals surface area contributed by atoms with Crippen LogP contribution in [-0.2, 0) is 14.3 Å². The van der Waals surface area contributed by atoms with Crippen molar-refractivity contribution in [1.29, 1.82) is 5.26 Å². The van der Waals surface area contributed by atoms with Gasteiger partial charge < -0.3 is 9.64 Å². The van der Waals surface area contributed by atoms with E-state index >= 15 is 0 Å². The van der Waals surface area contributed by atoms with Crippen molar-refractivity contribution < 1.29 is 14.3 Å². The summed E-state index contributed by atoms with van der Waals surface area (Å²) in [5.74, 6) is 6.74. The highest BCUT2D eigenvalue weighted by molar-refractivity contribution is 6.23. The maximum Gasteiger partial charge on any atom is 0.236 e. The second kappa shape index (κ2) is 8.76. The molecule has 1 aromatic carbocycles. The number of rotatable bonds is 3. The third kappa shape index (κ3) is 4.12. The van der Waals surface area contributed by atoms with Crippen LogP contribution in [0.4, 0.5) is 0 Å². The molecule has 0 atom stereocenters. The number of likely N-dealkylation sites (tertiary alicyclic amines) is 1. The van der Waals surface area contributed by atoms with E-state index in [1.807, 2.05) is 39.0 Å². The van der Waals surface area contributed by atoms with Gasteiger partial charge in [0.2, 0.25) is 5.91 Å². The van der Waals surface area contributed by atoms with Crippen LogP contribution in [0.15, 0.2) is 17.9 Å². The number of ketones is 1. The number of nitriles is 1. The van der Waals surface area contributed by atoms with Crippen molar-refractivity contribution in [2.45, 2.75) is 52.9 Å². The van der Waals surface area contributed by atoms with Crippen LogP contribution in [0, 0.1) is 42.4 Å². The van der Waals surface area contributed by atoms with E-state index in [1.54, 1.807) is 12.0 Å². The fourth-order valence-electron chi connectivity index (χ4n) is 4.87. The minimum Gasteiger partial charge on any atom is -0.500 e. The topological polar surface area (TPSA) is 70.4 Å². The summed E-state index contributed by atoms with van der Waals surface area (Å²) >= 11 is 0. The van der Waals surface area contributed by atoms with E-state index in [-0.39, 0.29) is 23.5 Å². The molecule has 1 spiro atoms. The summed E-state index contributed by atoms with van der Waals surface area (Å²) in [5, 5.41) is 8.77. The zero-order chi connectivity index (χ0) is 21.9. The van der Waals surface area contributed by atoms with Crippen molar-refractivity contribution in [2.75, 3.05) is 20.2 Å². The standard InChI is InChI=1S/C25H28N2O3/c1-5-6-19-13-17(2)23(18(3)14-19)24-20(28)15-25(16-21(24)30-4)8-11-27(12-9-25)22(29)7-10-26/h13-14H,7-9,11-12,15-16H2,1-4H3. The zero-order valence-electron chi connectivity index (χ0n) is 18.2. The highest BCUT2D eigenvalue weighted by Crippen LogP contribution is 2.48. The molecule has 156 valence electrons. The number of ether oxygens (including phenoxy) is 1. The summed E-state index contributed by atoms with van der Waals surface area (Å²) in [4.78, 5) is 27.2. The predicted octanol–water partition coefficient (Wildman–Crippen LogP) is 3.92. The summed E-state index contributed by atoms with van der Waals surface area (Å²) in [6.45, 7) is 7.01. The molecule has 1 aliphatic heterocycles.